The molecule has 1 aromatic carbocycles. The lowest BCUT2D eigenvalue weighted by Crippen LogP contribution is -2.45. The highest BCUT2D eigenvalue weighted by Gasteiger charge is 2.27. The van der Waals surface area contributed by atoms with Crippen molar-refractivity contribution in [3.63, 3.8) is 0 Å². The Labute approximate surface area is 170 Å². The molecule has 154 valence electrons. The lowest BCUT2D eigenvalue weighted by Gasteiger charge is -2.34. The smallest absolute Gasteiger partial charge is 0.235 e. The fourth-order valence-electron chi connectivity index (χ4n) is 3.40. The van der Waals surface area contributed by atoms with E-state index in [9.17, 15) is 5.26 Å². The molecule has 1 saturated heterocycles. The van der Waals surface area contributed by atoms with E-state index in [0.29, 0.717) is 42.1 Å². The molecule has 0 amide bonds. The zero-order chi connectivity index (χ0) is 21.0. The highest BCUT2D eigenvalue weighted by atomic mass is 16.5. The molecule has 0 spiro atoms. The van der Waals surface area contributed by atoms with E-state index in [1.54, 1.807) is 27.4 Å². The highest BCUT2D eigenvalue weighted by Crippen LogP contribution is 2.38. The second-order valence-corrected chi connectivity index (χ2v) is 6.77. The summed E-state index contributed by atoms with van der Waals surface area (Å²) in [5, 5.41) is 9.47. The molecule has 1 aliphatic rings. The van der Waals surface area contributed by atoms with E-state index in [1.807, 2.05) is 37.0 Å². The molecule has 0 saturated carbocycles. The van der Waals surface area contributed by atoms with Crippen LogP contribution in [0.15, 0.2) is 16.5 Å². The Bertz CT molecular complexity index is 896. The van der Waals surface area contributed by atoms with Crippen LogP contribution >= 0.6 is 0 Å². The molecule has 0 unspecified atom stereocenters. The molecule has 29 heavy (non-hydrogen) atoms. The summed E-state index contributed by atoms with van der Waals surface area (Å²) >= 11 is 0. The number of anilines is 1. The highest BCUT2D eigenvalue weighted by molar-refractivity contribution is 5.71. The molecule has 0 radical (unpaired) electrons. The van der Waals surface area contributed by atoms with Crippen LogP contribution in [0, 0.1) is 11.3 Å². The Kier molecular flexibility index (Phi) is 6.29. The first-order chi connectivity index (χ1) is 14.0. The SMILES string of the molecule is COc1cc(/C=C/c2nc(C#N)c(N3C[C@H](C)O[C@@H](C)C3)o2)cc(OC)c1OC. The number of morpholine rings is 1. The summed E-state index contributed by atoms with van der Waals surface area (Å²) in [6, 6.07) is 5.75. The Balaban J connectivity index is 1.88. The zero-order valence-electron chi connectivity index (χ0n) is 17.3. The van der Waals surface area contributed by atoms with E-state index >= 15 is 0 Å². The topological polar surface area (TPSA) is 90.0 Å². The van der Waals surface area contributed by atoms with Gasteiger partial charge in [-0.3, -0.25) is 0 Å². The zero-order valence-corrected chi connectivity index (χ0v) is 17.3. The molecule has 1 aliphatic heterocycles. The summed E-state index contributed by atoms with van der Waals surface area (Å²) in [6.07, 6.45) is 3.62. The van der Waals surface area contributed by atoms with E-state index in [2.05, 4.69) is 11.1 Å². The van der Waals surface area contributed by atoms with Gasteiger partial charge in [0.05, 0.1) is 33.5 Å². The van der Waals surface area contributed by atoms with Crippen molar-refractivity contribution in [1.82, 2.24) is 4.98 Å². The van der Waals surface area contributed by atoms with Gasteiger partial charge in [-0.2, -0.15) is 10.2 Å². The first kappa shape index (κ1) is 20.6. The van der Waals surface area contributed by atoms with Crippen molar-refractivity contribution < 1.29 is 23.4 Å². The number of hydrogen-bond acceptors (Lipinski definition) is 8. The van der Waals surface area contributed by atoms with E-state index in [4.69, 9.17) is 23.4 Å². The molecule has 2 aromatic rings. The van der Waals surface area contributed by atoms with Crippen LogP contribution in [0.1, 0.15) is 31.0 Å². The molecule has 0 N–H and O–H groups in total. The first-order valence-corrected chi connectivity index (χ1v) is 9.28. The molecule has 1 aromatic heterocycles. The number of methoxy groups -OCH3 is 3. The summed E-state index contributed by atoms with van der Waals surface area (Å²) in [5.74, 6) is 2.44. The molecule has 2 atom stereocenters. The van der Waals surface area contributed by atoms with Crippen LogP contribution < -0.4 is 19.1 Å². The van der Waals surface area contributed by atoms with Crippen molar-refractivity contribution in [2.75, 3.05) is 39.3 Å². The predicted octanol–water partition coefficient (Wildman–Crippen LogP) is 3.36. The summed E-state index contributed by atoms with van der Waals surface area (Å²) in [4.78, 5) is 6.30. The van der Waals surface area contributed by atoms with Gasteiger partial charge in [-0.1, -0.05) is 0 Å². The number of nitriles is 1. The van der Waals surface area contributed by atoms with Crippen molar-refractivity contribution in [1.29, 1.82) is 5.26 Å². The fraction of sp³-hybridized carbons (Fsp3) is 0.429. The Hall–Kier alpha value is -3.18. The van der Waals surface area contributed by atoms with Crippen LogP contribution in [0.25, 0.3) is 12.2 Å². The Morgan fingerprint density at radius 3 is 2.21 bits per heavy atom. The van der Waals surface area contributed by atoms with E-state index in [-0.39, 0.29) is 17.9 Å². The molecule has 2 heterocycles. The van der Waals surface area contributed by atoms with E-state index < -0.39 is 0 Å². The first-order valence-electron chi connectivity index (χ1n) is 9.28. The van der Waals surface area contributed by atoms with Crippen molar-refractivity contribution in [2.24, 2.45) is 0 Å². The molecule has 0 bridgehead atoms. The van der Waals surface area contributed by atoms with Gasteiger partial charge in [-0.25, -0.2) is 0 Å². The van der Waals surface area contributed by atoms with Crippen molar-refractivity contribution in [2.45, 2.75) is 26.1 Å². The second kappa shape index (κ2) is 8.88. The van der Waals surface area contributed by atoms with Crippen LogP contribution in [0.4, 0.5) is 5.88 Å². The molecule has 8 nitrogen and oxygen atoms in total. The van der Waals surface area contributed by atoms with Crippen LogP contribution in [-0.2, 0) is 4.74 Å². The van der Waals surface area contributed by atoms with Crippen molar-refractivity contribution >= 4 is 18.0 Å². The molecular formula is C21H25N3O5. The van der Waals surface area contributed by atoms with Gasteiger partial charge in [0.2, 0.25) is 23.2 Å². The maximum Gasteiger partial charge on any atom is 0.235 e. The minimum atomic E-state index is 0.0496. The lowest BCUT2D eigenvalue weighted by molar-refractivity contribution is -0.00642. The Morgan fingerprint density at radius 2 is 1.69 bits per heavy atom. The molecule has 1 fully saturated rings. The molecule has 3 rings (SSSR count). The number of aromatic nitrogens is 1. The van der Waals surface area contributed by atoms with Gasteiger partial charge in [0.1, 0.15) is 6.07 Å². The number of benzene rings is 1. The van der Waals surface area contributed by atoms with Gasteiger partial charge in [0.15, 0.2) is 11.5 Å². The normalized spacial score (nSPS) is 19.2. The van der Waals surface area contributed by atoms with Gasteiger partial charge in [0.25, 0.3) is 0 Å². The maximum atomic E-state index is 9.47. The summed E-state index contributed by atoms with van der Waals surface area (Å²) < 4.78 is 27.7. The third-order valence-electron chi connectivity index (χ3n) is 4.54. The molecule has 0 aliphatic carbocycles. The third kappa shape index (κ3) is 4.46. The lowest BCUT2D eigenvalue weighted by atomic mass is 10.1. The van der Waals surface area contributed by atoms with Crippen LogP contribution in [-0.4, -0.2) is 51.6 Å². The molecular weight excluding hydrogens is 374 g/mol. The third-order valence-corrected chi connectivity index (χ3v) is 4.54. The largest absolute Gasteiger partial charge is 0.493 e. The number of hydrogen-bond donors (Lipinski definition) is 0. The summed E-state index contributed by atoms with van der Waals surface area (Å²) in [6.45, 7) is 5.28. The van der Waals surface area contributed by atoms with E-state index in [0.717, 1.165) is 5.56 Å². The van der Waals surface area contributed by atoms with Gasteiger partial charge in [-0.05, 0) is 37.6 Å². The number of oxazole rings is 1. The summed E-state index contributed by atoms with van der Waals surface area (Å²) in [7, 11) is 4.68. The minimum absolute atomic E-state index is 0.0496. The van der Waals surface area contributed by atoms with Crippen molar-refractivity contribution in [3.8, 4) is 23.3 Å². The van der Waals surface area contributed by atoms with Crippen molar-refractivity contribution in [3.05, 3.63) is 29.3 Å². The number of nitrogens with zero attached hydrogens (tertiary/aromatic N) is 3. The number of rotatable bonds is 6. The quantitative estimate of drug-likeness (QED) is 0.730. The van der Waals surface area contributed by atoms with E-state index in [1.165, 1.54) is 0 Å². The maximum absolute atomic E-state index is 9.47. The minimum Gasteiger partial charge on any atom is -0.493 e. The Morgan fingerprint density at radius 1 is 1.07 bits per heavy atom. The molecule has 8 heteroatoms. The van der Waals surface area contributed by atoms with Crippen LogP contribution in [0.2, 0.25) is 0 Å². The van der Waals surface area contributed by atoms with Crippen LogP contribution in [0.3, 0.4) is 0 Å². The van der Waals surface area contributed by atoms with Crippen LogP contribution in [0.5, 0.6) is 17.2 Å². The fourth-order valence-corrected chi connectivity index (χ4v) is 3.40. The van der Waals surface area contributed by atoms with Gasteiger partial charge in [0, 0.05) is 19.2 Å². The van der Waals surface area contributed by atoms with Gasteiger partial charge < -0.3 is 28.3 Å². The van der Waals surface area contributed by atoms with Gasteiger partial charge in [-0.15, -0.1) is 0 Å². The monoisotopic (exact) mass is 399 g/mol. The average molecular weight is 399 g/mol. The summed E-state index contributed by atoms with van der Waals surface area (Å²) in [5.41, 5.74) is 1.07. The predicted molar refractivity (Wildman–Crippen MR) is 108 cm³/mol. The average Bonchev–Trinajstić information content (AvgIpc) is 3.14. The second-order valence-electron chi connectivity index (χ2n) is 6.77. The number of ether oxygens (including phenoxy) is 4. The van der Waals surface area contributed by atoms with Gasteiger partial charge >= 0.3 is 0 Å². The standard InChI is InChI=1S/C21H25N3O5/c1-13-11-24(12-14(2)28-13)21-16(10-22)23-19(29-21)7-6-15-8-17(25-3)20(27-5)18(9-15)26-4/h6-9,13-14H,11-12H2,1-5H3/b7-6+/t13-,14-/m0/s1.